The quantitative estimate of drug-likeness (QED) is 0.752. The molecule has 0 radical (unpaired) electrons. The molecular formula is C15H14N2O2S2. The van der Waals surface area contributed by atoms with Gasteiger partial charge in [0.25, 0.3) is 0 Å². The van der Waals surface area contributed by atoms with Crippen LogP contribution >= 0.6 is 11.8 Å². The number of nitrogens with zero attached hydrogens (tertiary/aromatic N) is 1. The number of hydrogen-bond donors (Lipinski definition) is 1. The van der Waals surface area contributed by atoms with Crippen LogP contribution in [0.15, 0.2) is 52.3 Å². The summed E-state index contributed by atoms with van der Waals surface area (Å²) in [6.45, 7) is 0. The van der Waals surface area contributed by atoms with Crippen molar-refractivity contribution in [3.63, 3.8) is 0 Å². The van der Waals surface area contributed by atoms with Crippen molar-refractivity contribution < 1.29 is 8.42 Å². The third kappa shape index (κ3) is 2.56. The van der Waals surface area contributed by atoms with Gasteiger partial charge in [-0.3, -0.25) is 0 Å². The second-order valence-corrected chi connectivity index (χ2v) is 7.54. The molecule has 3 aromatic rings. The molecular weight excluding hydrogens is 304 g/mol. The average molecular weight is 318 g/mol. The van der Waals surface area contributed by atoms with Gasteiger partial charge in [0.2, 0.25) is 0 Å². The van der Waals surface area contributed by atoms with E-state index in [4.69, 9.17) is 0 Å². The number of thioether (sulfide) groups is 1. The molecule has 1 aromatic heterocycles. The normalized spacial score (nSPS) is 11.9. The molecule has 3 rings (SSSR count). The Morgan fingerprint density at radius 1 is 1.10 bits per heavy atom. The smallest absolute Gasteiger partial charge is 0.177 e. The molecule has 1 N–H and O–H groups in total. The van der Waals surface area contributed by atoms with Gasteiger partial charge in [0.05, 0.1) is 10.4 Å². The van der Waals surface area contributed by atoms with Crippen LogP contribution in [-0.2, 0) is 9.84 Å². The van der Waals surface area contributed by atoms with Crippen LogP contribution in [0.2, 0.25) is 0 Å². The maximum Gasteiger partial charge on any atom is 0.177 e. The van der Waals surface area contributed by atoms with Gasteiger partial charge >= 0.3 is 0 Å². The highest BCUT2D eigenvalue weighted by molar-refractivity contribution is 7.98. The first-order chi connectivity index (χ1) is 10.0. The summed E-state index contributed by atoms with van der Waals surface area (Å²) in [4.78, 5) is 9.07. The van der Waals surface area contributed by atoms with Crippen molar-refractivity contribution in [3.05, 3.63) is 42.5 Å². The molecule has 0 aliphatic carbocycles. The minimum absolute atomic E-state index is 0.254. The highest BCUT2D eigenvalue weighted by Crippen LogP contribution is 2.31. The molecule has 0 unspecified atom stereocenters. The molecule has 4 nitrogen and oxygen atoms in total. The largest absolute Gasteiger partial charge is 0.338 e. The zero-order valence-electron chi connectivity index (χ0n) is 11.6. The molecule has 0 atom stereocenters. The third-order valence-corrected chi connectivity index (χ3v) is 5.16. The minimum Gasteiger partial charge on any atom is -0.338 e. The van der Waals surface area contributed by atoms with Crippen molar-refractivity contribution in [2.24, 2.45) is 0 Å². The maximum atomic E-state index is 11.9. The van der Waals surface area contributed by atoms with E-state index in [0.29, 0.717) is 11.3 Å². The Morgan fingerprint density at radius 2 is 1.86 bits per heavy atom. The van der Waals surface area contributed by atoms with Gasteiger partial charge in [0.1, 0.15) is 11.3 Å². The second kappa shape index (κ2) is 5.20. The van der Waals surface area contributed by atoms with E-state index in [9.17, 15) is 8.42 Å². The van der Waals surface area contributed by atoms with E-state index in [1.165, 1.54) is 6.26 Å². The van der Waals surface area contributed by atoms with E-state index in [1.807, 2.05) is 36.6 Å². The number of H-pyrrole nitrogens is 1. The topological polar surface area (TPSA) is 62.8 Å². The molecule has 0 aliphatic heterocycles. The van der Waals surface area contributed by atoms with E-state index >= 15 is 0 Å². The average Bonchev–Trinajstić information content (AvgIpc) is 2.89. The summed E-state index contributed by atoms with van der Waals surface area (Å²) < 4.78 is 23.7. The van der Waals surface area contributed by atoms with E-state index in [0.717, 1.165) is 16.0 Å². The highest BCUT2D eigenvalue weighted by atomic mass is 32.2. The van der Waals surface area contributed by atoms with E-state index in [-0.39, 0.29) is 4.90 Å². The Bertz CT molecular complexity index is 914. The van der Waals surface area contributed by atoms with Crippen LogP contribution in [0.5, 0.6) is 0 Å². The van der Waals surface area contributed by atoms with Crippen LogP contribution < -0.4 is 0 Å². The van der Waals surface area contributed by atoms with Crippen molar-refractivity contribution in [2.45, 2.75) is 9.79 Å². The van der Waals surface area contributed by atoms with Crippen LogP contribution in [0.4, 0.5) is 0 Å². The number of hydrogen-bond acceptors (Lipinski definition) is 4. The number of imidazole rings is 1. The van der Waals surface area contributed by atoms with Gasteiger partial charge in [-0.1, -0.05) is 24.3 Å². The Hall–Kier alpha value is -1.79. The van der Waals surface area contributed by atoms with Gasteiger partial charge in [-0.15, -0.1) is 11.8 Å². The zero-order valence-corrected chi connectivity index (χ0v) is 13.3. The van der Waals surface area contributed by atoms with Crippen molar-refractivity contribution in [1.82, 2.24) is 9.97 Å². The number of benzene rings is 2. The van der Waals surface area contributed by atoms with E-state index < -0.39 is 9.84 Å². The summed E-state index contributed by atoms with van der Waals surface area (Å²) in [7, 11) is -3.30. The molecule has 108 valence electrons. The molecule has 0 saturated heterocycles. The van der Waals surface area contributed by atoms with Crippen LogP contribution in [0.3, 0.4) is 0 Å². The van der Waals surface area contributed by atoms with Crippen LogP contribution in [-0.4, -0.2) is 30.9 Å². The maximum absolute atomic E-state index is 11.9. The Morgan fingerprint density at radius 3 is 2.57 bits per heavy atom. The molecule has 2 aromatic carbocycles. The lowest BCUT2D eigenvalue weighted by Crippen LogP contribution is -1.97. The fourth-order valence-electron chi connectivity index (χ4n) is 2.27. The van der Waals surface area contributed by atoms with Crippen molar-refractivity contribution in [3.8, 4) is 11.4 Å². The van der Waals surface area contributed by atoms with Crippen LogP contribution in [0.1, 0.15) is 0 Å². The van der Waals surface area contributed by atoms with Crippen molar-refractivity contribution in [1.29, 1.82) is 0 Å². The Balaban J connectivity index is 2.27. The first-order valence-corrected chi connectivity index (χ1v) is 9.44. The second-order valence-electron chi connectivity index (χ2n) is 4.71. The number of nitrogens with one attached hydrogen (secondary N) is 1. The standard InChI is InChI=1S/C15H14N2O2S2/c1-20-12-8-4-3-6-10(12)15-16-11-7-5-9-13(14(11)17-15)21(2,18)19/h3-9H,1-2H3,(H,16,17). The lowest BCUT2D eigenvalue weighted by atomic mass is 10.2. The van der Waals surface area contributed by atoms with Gasteiger partial charge < -0.3 is 4.98 Å². The van der Waals surface area contributed by atoms with Crippen molar-refractivity contribution in [2.75, 3.05) is 12.5 Å². The molecule has 0 aliphatic rings. The lowest BCUT2D eigenvalue weighted by Gasteiger charge is -2.02. The minimum atomic E-state index is -3.30. The molecule has 0 fully saturated rings. The van der Waals surface area contributed by atoms with Gasteiger partial charge in [-0.25, -0.2) is 13.4 Å². The molecule has 1 heterocycles. The van der Waals surface area contributed by atoms with E-state index in [1.54, 1.807) is 23.9 Å². The molecule has 0 spiro atoms. The zero-order chi connectivity index (χ0) is 15.0. The fraction of sp³-hybridized carbons (Fsp3) is 0.133. The number of sulfone groups is 1. The lowest BCUT2D eigenvalue weighted by molar-refractivity contribution is 0.602. The summed E-state index contributed by atoms with van der Waals surface area (Å²) >= 11 is 1.63. The van der Waals surface area contributed by atoms with Gasteiger partial charge in [0.15, 0.2) is 9.84 Å². The first-order valence-electron chi connectivity index (χ1n) is 6.33. The number of aromatic amines is 1. The summed E-state index contributed by atoms with van der Waals surface area (Å²) in [5.74, 6) is 0.686. The SMILES string of the molecule is CSc1ccccc1-c1nc2c(S(C)(=O)=O)cccc2[nH]1. The number of para-hydroxylation sites is 1. The predicted molar refractivity (Wildman–Crippen MR) is 86.4 cm³/mol. The Kier molecular flexibility index (Phi) is 3.51. The summed E-state index contributed by atoms with van der Waals surface area (Å²) in [6.07, 6.45) is 3.20. The van der Waals surface area contributed by atoms with Crippen LogP contribution in [0.25, 0.3) is 22.4 Å². The van der Waals surface area contributed by atoms with Gasteiger partial charge in [-0.05, 0) is 24.5 Å². The molecule has 0 bridgehead atoms. The first kappa shape index (κ1) is 14.2. The van der Waals surface area contributed by atoms with E-state index in [2.05, 4.69) is 9.97 Å². The molecule has 6 heteroatoms. The summed E-state index contributed by atoms with van der Waals surface area (Å²) in [5, 5.41) is 0. The number of aromatic nitrogens is 2. The van der Waals surface area contributed by atoms with Gasteiger partial charge in [-0.2, -0.15) is 0 Å². The van der Waals surface area contributed by atoms with Gasteiger partial charge in [0, 0.05) is 16.7 Å². The predicted octanol–water partition coefficient (Wildman–Crippen LogP) is 3.36. The number of rotatable bonds is 3. The summed E-state index contributed by atoms with van der Waals surface area (Å²) in [5.41, 5.74) is 2.19. The molecule has 21 heavy (non-hydrogen) atoms. The molecule has 0 saturated carbocycles. The third-order valence-electron chi connectivity index (χ3n) is 3.24. The molecule has 0 amide bonds. The highest BCUT2D eigenvalue weighted by Gasteiger charge is 2.16. The summed E-state index contributed by atoms with van der Waals surface area (Å²) in [6, 6.07) is 13.1. The Labute approximate surface area is 127 Å². The van der Waals surface area contributed by atoms with Crippen LogP contribution in [0, 0.1) is 0 Å². The monoisotopic (exact) mass is 318 g/mol. The fourth-order valence-corrected chi connectivity index (χ4v) is 3.70. The number of fused-ring (bicyclic) bond motifs is 1. The van der Waals surface area contributed by atoms with Crippen molar-refractivity contribution >= 4 is 32.6 Å².